The maximum Gasteiger partial charge on any atom is 0.326 e. The zero-order chi connectivity index (χ0) is 23.8. The van der Waals surface area contributed by atoms with Crippen molar-refractivity contribution in [1.29, 1.82) is 0 Å². The summed E-state index contributed by atoms with van der Waals surface area (Å²) in [5, 5.41) is 12.3. The Morgan fingerprint density at radius 1 is 0.706 bits per heavy atom. The lowest BCUT2D eigenvalue weighted by Gasteiger charge is -2.15. The summed E-state index contributed by atoms with van der Waals surface area (Å²) in [6.07, 6.45) is 0.189. The minimum absolute atomic E-state index is 0.189. The second kappa shape index (κ2) is 11.0. The first-order chi connectivity index (χ1) is 16.6. The number of nitrogens with one attached hydrogen (secondary N) is 1. The lowest BCUT2D eigenvalue weighted by Crippen LogP contribution is -2.42. The minimum Gasteiger partial charge on any atom is -0.489 e. The Labute approximate surface area is 198 Å². The lowest BCUT2D eigenvalue weighted by molar-refractivity contribution is -0.139. The van der Waals surface area contributed by atoms with Crippen LogP contribution in [-0.4, -0.2) is 23.0 Å². The number of hydrogen-bond acceptors (Lipinski definition) is 3. The Kier molecular flexibility index (Phi) is 7.35. The predicted octanol–water partition coefficient (Wildman–Crippen LogP) is 5.36. The molecule has 0 saturated carbocycles. The standard InChI is InChI=1S/C29H25NO4/c31-28(25-15-17-26(18-16-25)34-20-22-7-3-1-4-8-22)30-27(29(32)33)19-21-11-13-24(14-12-21)23-9-5-2-6-10-23/h1-18,27H,19-20H2,(H,30,31)(H,32,33)/t27-/m0/s1. The molecule has 5 heteroatoms. The van der Waals surface area contributed by atoms with Gasteiger partial charge in [0.25, 0.3) is 5.91 Å². The molecule has 4 rings (SSSR count). The number of aliphatic carboxylic acids is 1. The third kappa shape index (κ3) is 6.11. The quantitative estimate of drug-likeness (QED) is 0.359. The number of amides is 1. The number of hydrogen-bond donors (Lipinski definition) is 2. The maximum absolute atomic E-state index is 12.7. The Morgan fingerprint density at radius 3 is 1.91 bits per heavy atom. The third-order valence-electron chi connectivity index (χ3n) is 5.47. The van der Waals surface area contributed by atoms with E-state index in [0.29, 0.717) is 17.9 Å². The first kappa shape index (κ1) is 22.8. The van der Waals surface area contributed by atoms with Gasteiger partial charge in [0.2, 0.25) is 0 Å². The summed E-state index contributed by atoms with van der Waals surface area (Å²) in [6, 6.07) is 33.1. The molecule has 0 aromatic heterocycles. The van der Waals surface area contributed by atoms with E-state index in [0.717, 1.165) is 22.3 Å². The summed E-state index contributed by atoms with van der Waals surface area (Å²) in [7, 11) is 0. The number of rotatable bonds is 9. The van der Waals surface area contributed by atoms with Gasteiger partial charge in [-0.15, -0.1) is 0 Å². The molecule has 0 unspecified atom stereocenters. The van der Waals surface area contributed by atoms with Crippen molar-refractivity contribution >= 4 is 11.9 Å². The van der Waals surface area contributed by atoms with E-state index in [-0.39, 0.29) is 6.42 Å². The van der Waals surface area contributed by atoms with E-state index in [1.165, 1.54) is 0 Å². The van der Waals surface area contributed by atoms with Gasteiger partial charge >= 0.3 is 5.97 Å². The van der Waals surface area contributed by atoms with Crippen molar-refractivity contribution in [2.45, 2.75) is 19.1 Å². The van der Waals surface area contributed by atoms with Crippen molar-refractivity contribution in [3.8, 4) is 16.9 Å². The molecular formula is C29H25NO4. The molecule has 2 N–H and O–H groups in total. The van der Waals surface area contributed by atoms with Crippen molar-refractivity contribution in [3.05, 3.63) is 126 Å². The zero-order valence-electron chi connectivity index (χ0n) is 18.6. The molecule has 1 amide bonds. The Bertz CT molecular complexity index is 1220. The maximum atomic E-state index is 12.7. The highest BCUT2D eigenvalue weighted by Crippen LogP contribution is 2.20. The van der Waals surface area contributed by atoms with E-state index in [1.54, 1.807) is 24.3 Å². The second-order valence-electron chi connectivity index (χ2n) is 7.93. The van der Waals surface area contributed by atoms with Crippen molar-refractivity contribution in [2.75, 3.05) is 0 Å². The van der Waals surface area contributed by atoms with Gasteiger partial charge in [0.1, 0.15) is 18.4 Å². The topological polar surface area (TPSA) is 75.6 Å². The van der Waals surface area contributed by atoms with E-state index < -0.39 is 17.9 Å². The Morgan fingerprint density at radius 2 is 1.29 bits per heavy atom. The first-order valence-electron chi connectivity index (χ1n) is 11.0. The van der Waals surface area contributed by atoms with Crippen LogP contribution in [0.2, 0.25) is 0 Å². The predicted molar refractivity (Wildman–Crippen MR) is 132 cm³/mol. The Balaban J connectivity index is 1.35. The number of carbonyl (C=O) groups excluding carboxylic acids is 1. The van der Waals surface area contributed by atoms with Crippen LogP contribution in [-0.2, 0) is 17.8 Å². The zero-order valence-corrected chi connectivity index (χ0v) is 18.6. The van der Waals surface area contributed by atoms with Crippen LogP contribution in [0.4, 0.5) is 0 Å². The van der Waals surface area contributed by atoms with Gasteiger partial charge < -0.3 is 15.2 Å². The molecule has 170 valence electrons. The van der Waals surface area contributed by atoms with Gasteiger partial charge in [-0.25, -0.2) is 4.79 Å². The van der Waals surface area contributed by atoms with E-state index in [1.807, 2.05) is 84.9 Å². The van der Waals surface area contributed by atoms with E-state index in [4.69, 9.17) is 4.74 Å². The number of benzene rings is 4. The molecule has 0 heterocycles. The molecule has 0 fully saturated rings. The second-order valence-corrected chi connectivity index (χ2v) is 7.93. The molecule has 0 aliphatic carbocycles. The monoisotopic (exact) mass is 451 g/mol. The molecule has 4 aromatic carbocycles. The van der Waals surface area contributed by atoms with Crippen LogP contribution < -0.4 is 10.1 Å². The lowest BCUT2D eigenvalue weighted by atomic mass is 10.0. The highest BCUT2D eigenvalue weighted by molar-refractivity contribution is 5.96. The van der Waals surface area contributed by atoms with Crippen molar-refractivity contribution in [1.82, 2.24) is 5.32 Å². The van der Waals surface area contributed by atoms with Gasteiger partial charge in [0.05, 0.1) is 0 Å². The molecule has 0 bridgehead atoms. The third-order valence-corrected chi connectivity index (χ3v) is 5.47. The van der Waals surface area contributed by atoms with Gasteiger partial charge in [-0.05, 0) is 46.5 Å². The average Bonchev–Trinajstić information content (AvgIpc) is 2.89. The molecule has 1 atom stereocenters. The van der Waals surface area contributed by atoms with Gasteiger partial charge in [0, 0.05) is 12.0 Å². The molecule has 4 aromatic rings. The van der Waals surface area contributed by atoms with Crippen LogP contribution in [0.15, 0.2) is 109 Å². The van der Waals surface area contributed by atoms with Crippen molar-refractivity contribution in [3.63, 3.8) is 0 Å². The van der Waals surface area contributed by atoms with E-state index >= 15 is 0 Å². The van der Waals surface area contributed by atoms with Crippen molar-refractivity contribution in [2.24, 2.45) is 0 Å². The van der Waals surface area contributed by atoms with E-state index in [9.17, 15) is 14.7 Å². The highest BCUT2D eigenvalue weighted by atomic mass is 16.5. The molecule has 0 spiro atoms. The molecule has 5 nitrogen and oxygen atoms in total. The summed E-state index contributed by atoms with van der Waals surface area (Å²) in [5.41, 5.74) is 4.39. The van der Waals surface area contributed by atoms with Crippen LogP contribution in [0.3, 0.4) is 0 Å². The summed E-state index contributed by atoms with van der Waals surface area (Å²) >= 11 is 0. The van der Waals surface area contributed by atoms with Crippen LogP contribution in [0.5, 0.6) is 5.75 Å². The van der Waals surface area contributed by atoms with Gasteiger partial charge in [-0.1, -0.05) is 84.9 Å². The molecule has 0 saturated heterocycles. The van der Waals surface area contributed by atoms with Gasteiger partial charge in [-0.2, -0.15) is 0 Å². The fraction of sp³-hybridized carbons (Fsp3) is 0.103. The fourth-order valence-corrected chi connectivity index (χ4v) is 3.58. The molecular weight excluding hydrogens is 426 g/mol. The summed E-state index contributed by atoms with van der Waals surface area (Å²) < 4.78 is 5.74. The van der Waals surface area contributed by atoms with Crippen LogP contribution in [0, 0.1) is 0 Å². The smallest absolute Gasteiger partial charge is 0.326 e. The number of carboxylic acid groups (broad SMARTS) is 1. The largest absolute Gasteiger partial charge is 0.489 e. The van der Waals surface area contributed by atoms with Crippen LogP contribution in [0.1, 0.15) is 21.5 Å². The van der Waals surface area contributed by atoms with Crippen LogP contribution in [0.25, 0.3) is 11.1 Å². The molecule has 34 heavy (non-hydrogen) atoms. The fourth-order valence-electron chi connectivity index (χ4n) is 3.58. The summed E-state index contributed by atoms with van der Waals surface area (Å²) in [4.78, 5) is 24.5. The van der Waals surface area contributed by atoms with Crippen molar-refractivity contribution < 1.29 is 19.4 Å². The first-order valence-corrected chi connectivity index (χ1v) is 11.0. The van der Waals surface area contributed by atoms with E-state index in [2.05, 4.69) is 5.32 Å². The number of ether oxygens (including phenoxy) is 1. The average molecular weight is 452 g/mol. The van der Waals surface area contributed by atoms with Gasteiger partial charge in [-0.3, -0.25) is 4.79 Å². The van der Waals surface area contributed by atoms with Gasteiger partial charge in [0.15, 0.2) is 0 Å². The number of carboxylic acids is 1. The molecule has 0 radical (unpaired) electrons. The summed E-state index contributed by atoms with van der Waals surface area (Å²) in [5.74, 6) is -0.889. The normalized spacial score (nSPS) is 11.4. The molecule has 0 aliphatic heterocycles. The summed E-state index contributed by atoms with van der Waals surface area (Å²) in [6.45, 7) is 0.427. The minimum atomic E-state index is -1.08. The Hall–Kier alpha value is -4.38. The van der Waals surface area contributed by atoms with Crippen LogP contribution >= 0.6 is 0 Å². The number of carbonyl (C=O) groups is 2. The SMILES string of the molecule is O=C(N[C@@H](Cc1ccc(-c2ccccc2)cc1)C(=O)O)c1ccc(OCc2ccccc2)cc1. The highest BCUT2D eigenvalue weighted by Gasteiger charge is 2.21. The molecule has 0 aliphatic rings.